The van der Waals surface area contributed by atoms with Gasteiger partial charge in [0.05, 0.1) is 5.70 Å². The first-order valence-corrected chi connectivity index (χ1v) is 4.74. The molecule has 0 bridgehead atoms. The highest BCUT2D eigenvalue weighted by Gasteiger charge is 2.12. The topological polar surface area (TPSA) is 12.5 Å². The maximum Gasteiger partial charge on any atom is 0.128 e. The van der Waals surface area contributed by atoms with Crippen LogP contribution < -0.4 is 0 Å². The van der Waals surface area contributed by atoms with Crippen molar-refractivity contribution in [3.63, 3.8) is 0 Å². The fraction of sp³-hybridized carbons (Fsp3) is 0.333. The van der Waals surface area contributed by atoms with Crippen molar-refractivity contribution in [2.24, 2.45) is 0 Å². The third-order valence-corrected chi connectivity index (χ3v) is 2.11. The highest BCUT2D eigenvalue weighted by molar-refractivity contribution is 5.23. The van der Waals surface area contributed by atoms with Gasteiger partial charge in [0.2, 0.25) is 0 Å². The molecule has 1 aliphatic rings. The van der Waals surface area contributed by atoms with Gasteiger partial charge in [-0.05, 0) is 13.0 Å². The standard InChI is InChI=1S/C12H16FNO/c1-9(5-10(2)13)7-14(4)12-6-11(3)15-8-12/h5-6H,2-3,7-8H2,1,4H3. The maximum atomic E-state index is 12.5. The normalized spacial score (nSPS) is 16.1. The Balaban J connectivity index is 2.56. The van der Waals surface area contributed by atoms with E-state index in [1.807, 2.05) is 24.9 Å². The average Bonchev–Trinajstić information content (AvgIpc) is 2.49. The monoisotopic (exact) mass is 209 g/mol. The zero-order chi connectivity index (χ0) is 11.4. The summed E-state index contributed by atoms with van der Waals surface area (Å²) in [6, 6.07) is 0. The van der Waals surface area contributed by atoms with E-state index >= 15 is 0 Å². The molecule has 0 aliphatic carbocycles. The van der Waals surface area contributed by atoms with Gasteiger partial charge >= 0.3 is 0 Å². The van der Waals surface area contributed by atoms with E-state index in [9.17, 15) is 4.39 Å². The van der Waals surface area contributed by atoms with Crippen LogP contribution in [0.25, 0.3) is 0 Å². The van der Waals surface area contributed by atoms with E-state index in [-0.39, 0.29) is 0 Å². The lowest BCUT2D eigenvalue weighted by Gasteiger charge is -2.19. The molecular formula is C12H16FNO. The molecule has 1 heterocycles. The molecule has 2 nitrogen and oxygen atoms in total. The third kappa shape index (κ3) is 3.62. The summed E-state index contributed by atoms with van der Waals surface area (Å²) in [4.78, 5) is 2.01. The van der Waals surface area contributed by atoms with Crippen molar-refractivity contribution in [3.05, 3.63) is 48.2 Å². The van der Waals surface area contributed by atoms with Gasteiger partial charge in [-0.3, -0.25) is 0 Å². The Morgan fingerprint density at radius 3 is 2.87 bits per heavy atom. The molecular weight excluding hydrogens is 193 g/mol. The van der Waals surface area contributed by atoms with Crippen LogP contribution in [0.5, 0.6) is 0 Å². The van der Waals surface area contributed by atoms with Gasteiger partial charge in [0.25, 0.3) is 0 Å². The highest BCUT2D eigenvalue weighted by atomic mass is 19.1. The van der Waals surface area contributed by atoms with E-state index < -0.39 is 5.83 Å². The molecule has 15 heavy (non-hydrogen) atoms. The lowest BCUT2D eigenvalue weighted by molar-refractivity contribution is 0.250. The SMILES string of the molecule is C=C(F)C=C(C)CN(C)C1=CC(=C)OC1. The number of halogens is 1. The molecule has 1 aliphatic heterocycles. The van der Waals surface area contributed by atoms with Crippen LogP contribution in [0, 0.1) is 0 Å². The summed E-state index contributed by atoms with van der Waals surface area (Å²) in [6.07, 6.45) is 3.32. The molecule has 0 unspecified atom stereocenters. The van der Waals surface area contributed by atoms with Gasteiger partial charge in [0.15, 0.2) is 0 Å². The number of hydrogen-bond donors (Lipinski definition) is 0. The smallest absolute Gasteiger partial charge is 0.128 e. The molecule has 3 heteroatoms. The van der Waals surface area contributed by atoms with Crippen LogP contribution in [0.15, 0.2) is 48.2 Å². The van der Waals surface area contributed by atoms with Crippen LogP contribution in [0.3, 0.4) is 0 Å². The average molecular weight is 209 g/mol. The van der Waals surface area contributed by atoms with Crippen molar-refractivity contribution >= 4 is 0 Å². The Hall–Kier alpha value is -1.51. The number of hydrogen-bond acceptors (Lipinski definition) is 2. The summed E-state index contributed by atoms with van der Waals surface area (Å²) in [6.45, 7) is 9.96. The van der Waals surface area contributed by atoms with Crippen LogP contribution in [-0.2, 0) is 4.74 Å². The Labute approximate surface area is 90.0 Å². The first kappa shape index (κ1) is 11.6. The van der Waals surface area contributed by atoms with Crippen molar-refractivity contribution in [2.45, 2.75) is 6.92 Å². The van der Waals surface area contributed by atoms with Gasteiger partial charge in [-0.2, -0.15) is 0 Å². The Kier molecular flexibility index (Phi) is 3.72. The highest BCUT2D eigenvalue weighted by Crippen LogP contribution is 2.17. The molecule has 0 fully saturated rings. The molecule has 0 spiro atoms. The Bertz CT molecular complexity index is 342. The zero-order valence-corrected chi connectivity index (χ0v) is 9.22. The molecule has 0 amide bonds. The van der Waals surface area contributed by atoms with E-state index in [2.05, 4.69) is 13.2 Å². The molecule has 0 radical (unpaired) electrons. The number of likely N-dealkylation sites (N-methyl/N-ethyl adjacent to an activating group) is 1. The summed E-state index contributed by atoms with van der Waals surface area (Å²) >= 11 is 0. The number of allylic oxidation sites excluding steroid dienone is 3. The first-order chi connectivity index (χ1) is 6.99. The minimum Gasteiger partial charge on any atom is -0.488 e. The third-order valence-electron chi connectivity index (χ3n) is 2.11. The van der Waals surface area contributed by atoms with Gasteiger partial charge in [-0.15, -0.1) is 0 Å². The van der Waals surface area contributed by atoms with Crippen molar-refractivity contribution in [1.29, 1.82) is 0 Å². The fourth-order valence-electron chi connectivity index (χ4n) is 1.44. The molecule has 0 saturated heterocycles. The Morgan fingerprint density at radius 2 is 2.40 bits per heavy atom. The van der Waals surface area contributed by atoms with Crippen molar-refractivity contribution < 1.29 is 9.13 Å². The van der Waals surface area contributed by atoms with E-state index in [1.54, 1.807) is 0 Å². The van der Waals surface area contributed by atoms with Gasteiger partial charge in [0.1, 0.15) is 18.2 Å². The second-order valence-electron chi connectivity index (χ2n) is 3.68. The summed E-state index contributed by atoms with van der Waals surface area (Å²) in [5.74, 6) is 0.260. The minimum absolute atomic E-state index is 0.415. The number of rotatable bonds is 4. The Morgan fingerprint density at radius 1 is 1.73 bits per heavy atom. The lowest BCUT2D eigenvalue weighted by Crippen LogP contribution is -2.20. The largest absolute Gasteiger partial charge is 0.488 e. The van der Waals surface area contributed by atoms with Crippen molar-refractivity contribution in [1.82, 2.24) is 4.90 Å². The van der Waals surface area contributed by atoms with Gasteiger partial charge in [0, 0.05) is 19.7 Å². The summed E-state index contributed by atoms with van der Waals surface area (Å²) in [7, 11) is 1.94. The number of ether oxygens (including phenoxy) is 1. The second-order valence-corrected chi connectivity index (χ2v) is 3.68. The quantitative estimate of drug-likeness (QED) is 0.660. The van der Waals surface area contributed by atoms with Gasteiger partial charge < -0.3 is 9.64 Å². The van der Waals surface area contributed by atoms with Crippen molar-refractivity contribution in [2.75, 3.05) is 20.2 Å². The van der Waals surface area contributed by atoms with Crippen molar-refractivity contribution in [3.8, 4) is 0 Å². The minimum atomic E-state index is -0.415. The van der Waals surface area contributed by atoms with E-state index in [1.165, 1.54) is 6.08 Å². The predicted molar refractivity (Wildman–Crippen MR) is 59.8 cm³/mol. The summed E-state index contributed by atoms with van der Waals surface area (Å²) < 4.78 is 17.7. The summed E-state index contributed by atoms with van der Waals surface area (Å²) in [5, 5.41) is 0. The predicted octanol–water partition coefficient (Wildman–Crippen LogP) is 2.78. The maximum absolute atomic E-state index is 12.5. The van der Waals surface area contributed by atoms with Gasteiger partial charge in [-0.1, -0.05) is 18.7 Å². The molecule has 0 aromatic heterocycles. The fourth-order valence-corrected chi connectivity index (χ4v) is 1.44. The second kappa shape index (κ2) is 4.82. The molecule has 0 atom stereocenters. The molecule has 0 aromatic carbocycles. The van der Waals surface area contributed by atoms with E-state index in [0.717, 1.165) is 11.3 Å². The molecule has 1 rings (SSSR count). The first-order valence-electron chi connectivity index (χ1n) is 4.74. The van der Waals surface area contributed by atoms with Crippen LogP contribution >= 0.6 is 0 Å². The number of nitrogens with zero attached hydrogens (tertiary/aromatic N) is 1. The van der Waals surface area contributed by atoms with Crippen LogP contribution in [0.1, 0.15) is 6.92 Å². The zero-order valence-electron chi connectivity index (χ0n) is 9.22. The molecule has 82 valence electrons. The van der Waals surface area contributed by atoms with E-state index in [4.69, 9.17) is 4.74 Å². The summed E-state index contributed by atoms with van der Waals surface area (Å²) in [5.41, 5.74) is 1.97. The van der Waals surface area contributed by atoms with Crippen LogP contribution in [0.2, 0.25) is 0 Å². The lowest BCUT2D eigenvalue weighted by atomic mass is 10.2. The van der Waals surface area contributed by atoms with Crippen LogP contribution in [-0.4, -0.2) is 25.1 Å². The molecule has 0 aromatic rings. The van der Waals surface area contributed by atoms with Gasteiger partial charge in [-0.25, -0.2) is 4.39 Å². The molecule has 0 N–H and O–H groups in total. The van der Waals surface area contributed by atoms with E-state index in [0.29, 0.717) is 18.9 Å². The molecule has 0 saturated carbocycles. The van der Waals surface area contributed by atoms with Crippen LogP contribution in [0.4, 0.5) is 4.39 Å².